The summed E-state index contributed by atoms with van der Waals surface area (Å²) in [7, 11) is 0. The van der Waals surface area contributed by atoms with Crippen LogP contribution in [0.25, 0.3) is 21.9 Å². The summed E-state index contributed by atoms with van der Waals surface area (Å²) in [5.41, 5.74) is 2.27. The summed E-state index contributed by atoms with van der Waals surface area (Å²) in [5, 5.41) is 15.2. The molecule has 1 atom stereocenters. The fourth-order valence-corrected chi connectivity index (χ4v) is 2.76. The highest BCUT2D eigenvalue weighted by Crippen LogP contribution is 2.25. The zero-order valence-corrected chi connectivity index (χ0v) is 9.85. The Kier molecular flexibility index (Phi) is 1.91. The van der Waals surface area contributed by atoms with Gasteiger partial charge in [-0.05, 0) is 12.1 Å². The minimum Gasteiger partial charge on any atom is -0.361 e. The second kappa shape index (κ2) is 3.46. The van der Waals surface area contributed by atoms with Crippen molar-refractivity contribution in [2.45, 2.75) is 19.2 Å². The Morgan fingerprint density at radius 1 is 1.11 bits per heavy atom. The van der Waals surface area contributed by atoms with Crippen LogP contribution in [0.4, 0.5) is 5.82 Å². The monoisotopic (exact) mass is 240 g/mol. The van der Waals surface area contributed by atoms with Gasteiger partial charge in [0.05, 0.1) is 11.9 Å². The number of aromatic nitrogens is 2. The Balaban J connectivity index is 2.08. The van der Waals surface area contributed by atoms with E-state index >= 15 is 0 Å². The first-order chi connectivity index (χ1) is 8.83. The van der Waals surface area contributed by atoms with Gasteiger partial charge in [-0.25, -0.2) is 4.57 Å². The van der Waals surface area contributed by atoms with Gasteiger partial charge in [0.1, 0.15) is 5.52 Å². The predicted molar refractivity (Wildman–Crippen MR) is 70.2 cm³/mol. The quantitative estimate of drug-likeness (QED) is 0.524. The van der Waals surface area contributed by atoms with E-state index in [0.29, 0.717) is 0 Å². The molecule has 0 bridgehead atoms. The van der Waals surface area contributed by atoms with Crippen molar-refractivity contribution in [3.05, 3.63) is 36.4 Å². The van der Waals surface area contributed by atoms with Crippen molar-refractivity contribution in [1.29, 1.82) is 0 Å². The molecule has 4 rings (SSSR count). The van der Waals surface area contributed by atoms with Gasteiger partial charge >= 0.3 is 0 Å². The number of H-pyrrole nitrogens is 1. The summed E-state index contributed by atoms with van der Waals surface area (Å²) >= 11 is 0. The van der Waals surface area contributed by atoms with Gasteiger partial charge in [-0.2, -0.15) is 0 Å². The van der Waals surface area contributed by atoms with Crippen molar-refractivity contribution in [3.8, 4) is 0 Å². The highest BCUT2D eigenvalue weighted by Gasteiger charge is 2.23. The van der Waals surface area contributed by atoms with Crippen LogP contribution in [0.15, 0.2) is 36.4 Å². The van der Waals surface area contributed by atoms with E-state index in [-0.39, 0.29) is 0 Å². The van der Waals surface area contributed by atoms with Crippen LogP contribution in [0, 0.1) is 0 Å². The third kappa shape index (κ3) is 1.26. The normalized spacial score (nSPS) is 18.8. The Morgan fingerprint density at radius 3 is 2.94 bits per heavy atom. The van der Waals surface area contributed by atoms with Crippen molar-refractivity contribution in [2.75, 3.05) is 5.32 Å². The minimum atomic E-state index is -0.438. The lowest BCUT2D eigenvalue weighted by molar-refractivity contribution is -0.665. The van der Waals surface area contributed by atoms with Gasteiger partial charge in [0.25, 0.3) is 0 Å². The molecule has 1 aliphatic heterocycles. The molecule has 0 aliphatic carbocycles. The Hall–Kier alpha value is -2.07. The highest BCUT2D eigenvalue weighted by atomic mass is 16.3. The maximum absolute atomic E-state index is 9.63. The van der Waals surface area contributed by atoms with Crippen LogP contribution in [0.2, 0.25) is 0 Å². The van der Waals surface area contributed by atoms with E-state index in [9.17, 15) is 5.11 Å². The Bertz CT molecular complexity index is 747. The van der Waals surface area contributed by atoms with Crippen LogP contribution in [-0.4, -0.2) is 16.3 Å². The van der Waals surface area contributed by atoms with Crippen LogP contribution in [-0.2, 0) is 6.54 Å². The zero-order chi connectivity index (χ0) is 12.1. The maximum atomic E-state index is 9.63. The Labute approximate surface area is 104 Å². The number of hydrogen-bond donors (Lipinski definition) is 3. The summed E-state index contributed by atoms with van der Waals surface area (Å²) in [4.78, 5) is 3.46. The smallest absolute Gasteiger partial charge is 0.234 e. The second-order valence-electron chi connectivity index (χ2n) is 4.75. The number of aryl methyl sites for hydroxylation is 1. The van der Waals surface area contributed by atoms with Gasteiger partial charge in [0.15, 0.2) is 6.23 Å². The van der Waals surface area contributed by atoms with Crippen LogP contribution >= 0.6 is 0 Å². The molecule has 0 saturated carbocycles. The van der Waals surface area contributed by atoms with Crippen LogP contribution in [0.3, 0.4) is 0 Å². The summed E-state index contributed by atoms with van der Waals surface area (Å²) in [6.07, 6.45) is 0.290. The van der Waals surface area contributed by atoms with Gasteiger partial charge in [0.2, 0.25) is 11.5 Å². The number of para-hydroxylation sites is 1. The molecule has 2 aromatic heterocycles. The largest absolute Gasteiger partial charge is 0.361 e. The summed E-state index contributed by atoms with van der Waals surface area (Å²) in [5.74, 6) is 0.966. The second-order valence-corrected chi connectivity index (χ2v) is 4.75. The number of aliphatic hydroxyl groups excluding tert-OH is 1. The molecule has 0 radical (unpaired) electrons. The van der Waals surface area contributed by atoms with Gasteiger partial charge in [0, 0.05) is 17.9 Å². The number of aromatic amines is 1. The average Bonchev–Trinajstić information content (AvgIpc) is 2.77. The van der Waals surface area contributed by atoms with E-state index in [1.54, 1.807) is 0 Å². The molecule has 0 amide bonds. The number of pyridine rings is 1. The van der Waals surface area contributed by atoms with Crippen molar-refractivity contribution in [2.24, 2.45) is 0 Å². The fraction of sp³-hybridized carbons (Fsp3) is 0.214. The first-order valence-corrected chi connectivity index (χ1v) is 6.21. The highest BCUT2D eigenvalue weighted by molar-refractivity contribution is 6.04. The van der Waals surface area contributed by atoms with E-state index < -0.39 is 6.23 Å². The minimum absolute atomic E-state index is 0.438. The summed E-state index contributed by atoms with van der Waals surface area (Å²) in [6, 6.07) is 12.5. The number of anilines is 1. The molecule has 0 saturated heterocycles. The summed E-state index contributed by atoms with van der Waals surface area (Å²) < 4.78 is 2.20. The average molecular weight is 240 g/mol. The molecule has 1 unspecified atom stereocenters. The molecule has 0 spiro atoms. The molecule has 0 fully saturated rings. The van der Waals surface area contributed by atoms with Crippen molar-refractivity contribution in [1.82, 2.24) is 4.98 Å². The topological polar surface area (TPSA) is 51.9 Å². The number of benzene rings is 1. The SMILES string of the molecule is OC1CC[n+]2c(ccc3c4ccccc4[nH]c32)N1. The molecule has 90 valence electrons. The van der Waals surface area contributed by atoms with E-state index in [1.165, 1.54) is 10.8 Å². The van der Waals surface area contributed by atoms with Gasteiger partial charge < -0.3 is 5.11 Å². The molecule has 1 aliphatic rings. The maximum Gasteiger partial charge on any atom is 0.234 e. The fourth-order valence-electron chi connectivity index (χ4n) is 2.76. The van der Waals surface area contributed by atoms with Crippen molar-refractivity contribution < 1.29 is 9.67 Å². The van der Waals surface area contributed by atoms with E-state index in [2.05, 4.69) is 39.1 Å². The van der Waals surface area contributed by atoms with E-state index in [1.807, 2.05) is 12.1 Å². The number of rotatable bonds is 0. The molecule has 4 heteroatoms. The van der Waals surface area contributed by atoms with Crippen LogP contribution in [0.5, 0.6) is 0 Å². The van der Waals surface area contributed by atoms with Crippen LogP contribution < -0.4 is 9.88 Å². The van der Waals surface area contributed by atoms with Gasteiger partial charge in [-0.3, -0.25) is 10.3 Å². The molecule has 3 N–H and O–H groups in total. The predicted octanol–water partition coefficient (Wildman–Crippen LogP) is 1.74. The lowest BCUT2D eigenvalue weighted by Crippen LogP contribution is -2.46. The molecule has 18 heavy (non-hydrogen) atoms. The molecule has 3 heterocycles. The number of nitrogens with zero attached hydrogens (tertiary/aromatic N) is 1. The lowest BCUT2D eigenvalue weighted by atomic mass is 10.2. The van der Waals surface area contributed by atoms with Crippen molar-refractivity contribution in [3.63, 3.8) is 0 Å². The molecule has 1 aromatic carbocycles. The zero-order valence-electron chi connectivity index (χ0n) is 9.85. The molecule has 4 nitrogen and oxygen atoms in total. The summed E-state index contributed by atoms with van der Waals surface area (Å²) in [6.45, 7) is 0.827. The van der Waals surface area contributed by atoms with Gasteiger partial charge in [-0.15, -0.1) is 0 Å². The van der Waals surface area contributed by atoms with Crippen LogP contribution in [0.1, 0.15) is 6.42 Å². The first kappa shape index (κ1) is 9.91. The third-order valence-corrected chi connectivity index (χ3v) is 3.63. The van der Waals surface area contributed by atoms with Gasteiger partial charge in [-0.1, -0.05) is 18.2 Å². The number of hydrogen-bond acceptors (Lipinski definition) is 2. The van der Waals surface area contributed by atoms with E-state index in [0.717, 1.165) is 29.9 Å². The first-order valence-electron chi connectivity index (χ1n) is 6.21. The molecular weight excluding hydrogens is 226 g/mol. The number of fused-ring (bicyclic) bond motifs is 5. The lowest BCUT2D eigenvalue weighted by Gasteiger charge is -2.19. The molecule has 3 aromatic rings. The Morgan fingerprint density at radius 2 is 2.00 bits per heavy atom. The third-order valence-electron chi connectivity index (χ3n) is 3.63. The number of nitrogens with one attached hydrogen (secondary N) is 2. The molecular formula is C14H14N3O+. The number of aliphatic hydroxyl groups is 1. The van der Waals surface area contributed by atoms with E-state index in [4.69, 9.17) is 0 Å². The standard InChI is InChI=1S/C14H13N3O/c18-13-7-8-17-12(16-13)6-5-10-9-3-1-2-4-11(9)15-14(10)17/h1-6,13,18H,7-8H2,(H,15,16)/p+1. The van der Waals surface area contributed by atoms with Crippen molar-refractivity contribution >= 4 is 27.8 Å².